The van der Waals surface area contributed by atoms with Gasteiger partial charge < -0.3 is 10.1 Å². The number of nitrogens with zero attached hydrogens (tertiary/aromatic N) is 2. The minimum Gasteiger partial charge on any atom is -0.406 e. The largest absolute Gasteiger partial charge is 0.573 e. The van der Waals surface area contributed by atoms with Crippen LogP contribution < -0.4 is 10.1 Å². The van der Waals surface area contributed by atoms with Gasteiger partial charge in [0.1, 0.15) is 10.8 Å². The molecule has 0 amide bonds. The van der Waals surface area contributed by atoms with Crippen LogP contribution in [0.25, 0.3) is 10.6 Å². The second-order valence-corrected chi connectivity index (χ2v) is 6.46. The number of aryl methyl sites for hydroxylation is 1. The van der Waals surface area contributed by atoms with E-state index in [-0.39, 0.29) is 5.75 Å². The first-order valence-corrected chi connectivity index (χ1v) is 8.22. The summed E-state index contributed by atoms with van der Waals surface area (Å²) in [6, 6.07) is 11.1. The standard InChI is InChI=1S/C16H11ClF3N3OS/c1-9-5-6-11(8-13(9)17)21-15-23-22-14(25-15)10-3-2-4-12(7-10)24-16(18,19)20/h2-8H,1H3,(H,21,23). The van der Waals surface area contributed by atoms with Gasteiger partial charge in [0.05, 0.1) is 0 Å². The molecule has 1 heterocycles. The quantitative estimate of drug-likeness (QED) is 0.615. The summed E-state index contributed by atoms with van der Waals surface area (Å²) in [6.45, 7) is 1.89. The lowest BCUT2D eigenvalue weighted by molar-refractivity contribution is -0.274. The maximum absolute atomic E-state index is 12.3. The minimum absolute atomic E-state index is 0.306. The zero-order chi connectivity index (χ0) is 18.0. The van der Waals surface area contributed by atoms with Gasteiger partial charge in [-0.05, 0) is 36.8 Å². The first kappa shape index (κ1) is 17.5. The lowest BCUT2D eigenvalue weighted by Crippen LogP contribution is -2.17. The Kier molecular flexibility index (Phi) is 4.82. The van der Waals surface area contributed by atoms with Crippen molar-refractivity contribution in [1.29, 1.82) is 0 Å². The summed E-state index contributed by atoms with van der Waals surface area (Å²) < 4.78 is 40.9. The first-order valence-electron chi connectivity index (χ1n) is 7.03. The molecule has 0 spiro atoms. The number of ether oxygens (including phenoxy) is 1. The van der Waals surface area contributed by atoms with E-state index in [2.05, 4.69) is 20.3 Å². The van der Waals surface area contributed by atoms with E-state index >= 15 is 0 Å². The molecule has 9 heteroatoms. The average Bonchev–Trinajstić information content (AvgIpc) is 2.98. The summed E-state index contributed by atoms with van der Waals surface area (Å²) in [5.74, 6) is -0.306. The predicted molar refractivity (Wildman–Crippen MR) is 91.5 cm³/mol. The van der Waals surface area contributed by atoms with Crippen LogP contribution in [0, 0.1) is 6.92 Å². The van der Waals surface area contributed by atoms with Crippen LogP contribution in [-0.4, -0.2) is 16.6 Å². The van der Waals surface area contributed by atoms with Crippen LogP contribution in [0.1, 0.15) is 5.56 Å². The van der Waals surface area contributed by atoms with Crippen LogP contribution in [0.4, 0.5) is 24.0 Å². The molecule has 25 heavy (non-hydrogen) atoms. The van der Waals surface area contributed by atoms with E-state index in [9.17, 15) is 13.2 Å². The van der Waals surface area contributed by atoms with E-state index in [1.807, 2.05) is 19.1 Å². The molecule has 0 saturated heterocycles. The Morgan fingerprint density at radius 3 is 2.64 bits per heavy atom. The second-order valence-electron chi connectivity index (χ2n) is 5.08. The summed E-state index contributed by atoms with van der Waals surface area (Å²) in [7, 11) is 0. The van der Waals surface area contributed by atoms with Gasteiger partial charge in [0.25, 0.3) is 0 Å². The molecule has 2 aromatic carbocycles. The summed E-state index contributed by atoms with van der Waals surface area (Å²) in [5.41, 5.74) is 2.17. The number of anilines is 2. The topological polar surface area (TPSA) is 47.0 Å². The Morgan fingerprint density at radius 1 is 1.12 bits per heavy atom. The predicted octanol–water partition coefficient (Wildman–Crippen LogP) is 5.81. The molecule has 0 bridgehead atoms. The van der Waals surface area contributed by atoms with Crippen molar-refractivity contribution in [3.63, 3.8) is 0 Å². The van der Waals surface area contributed by atoms with E-state index in [1.165, 1.54) is 29.5 Å². The van der Waals surface area contributed by atoms with E-state index in [0.29, 0.717) is 20.7 Å². The van der Waals surface area contributed by atoms with Gasteiger partial charge in [0.2, 0.25) is 5.13 Å². The Balaban J connectivity index is 1.79. The van der Waals surface area contributed by atoms with Gasteiger partial charge in [-0.2, -0.15) is 0 Å². The molecular formula is C16H11ClF3N3OS. The maximum atomic E-state index is 12.3. The molecule has 3 rings (SSSR count). The van der Waals surface area contributed by atoms with Gasteiger partial charge in [-0.15, -0.1) is 23.4 Å². The Labute approximate surface area is 150 Å². The maximum Gasteiger partial charge on any atom is 0.573 e. The molecule has 0 fully saturated rings. The monoisotopic (exact) mass is 385 g/mol. The van der Waals surface area contributed by atoms with Crippen LogP contribution in [0.5, 0.6) is 5.75 Å². The van der Waals surface area contributed by atoms with Crippen LogP contribution in [-0.2, 0) is 0 Å². The summed E-state index contributed by atoms with van der Waals surface area (Å²) in [4.78, 5) is 0. The molecule has 0 atom stereocenters. The highest BCUT2D eigenvalue weighted by molar-refractivity contribution is 7.18. The smallest absolute Gasteiger partial charge is 0.406 e. The van der Waals surface area contributed by atoms with Gasteiger partial charge in [-0.3, -0.25) is 0 Å². The number of alkyl halides is 3. The van der Waals surface area contributed by atoms with Crippen LogP contribution in [0.3, 0.4) is 0 Å². The number of benzene rings is 2. The Bertz CT molecular complexity index is 898. The number of nitrogens with one attached hydrogen (secondary N) is 1. The third-order valence-corrected chi connectivity index (χ3v) is 4.46. The van der Waals surface area contributed by atoms with Crippen LogP contribution in [0.2, 0.25) is 5.02 Å². The van der Waals surface area contributed by atoms with Crippen LogP contribution >= 0.6 is 22.9 Å². The second kappa shape index (κ2) is 6.89. The molecule has 0 saturated carbocycles. The van der Waals surface area contributed by atoms with Gasteiger partial charge in [-0.1, -0.05) is 41.1 Å². The van der Waals surface area contributed by atoms with Crippen molar-refractivity contribution >= 4 is 33.8 Å². The van der Waals surface area contributed by atoms with Gasteiger partial charge >= 0.3 is 6.36 Å². The summed E-state index contributed by atoms with van der Waals surface area (Å²) in [6.07, 6.45) is -4.74. The van der Waals surface area contributed by atoms with E-state index in [1.54, 1.807) is 12.1 Å². The Morgan fingerprint density at radius 2 is 1.92 bits per heavy atom. The first-order chi connectivity index (χ1) is 11.8. The molecule has 1 aromatic heterocycles. The normalized spacial score (nSPS) is 11.4. The summed E-state index contributed by atoms with van der Waals surface area (Å²) in [5, 5.41) is 12.6. The molecule has 0 aliphatic carbocycles. The highest BCUT2D eigenvalue weighted by Crippen LogP contribution is 2.32. The van der Waals surface area contributed by atoms with Crippen molar-refractivity contribution in [2.45, 2.75) is 13.3 Å². The van der Waals surface area contributed by atoms with Crippen molar-refractivity contribution in [2.75, 3.05) is 5.32 Å². The van der Waals surface area contributed by atoms with Crippen LogP contribution in [0.15, 0.2) is 42.5 Å². The lowest BCUT2D eigenvalue weighted by atomic mass is 10.2. The zero-order valence-electron chi connectivity index (χ0n) is 12.8. The SMILES string of the molecule is Cc1ccc(Nc2nnc(-c3cccc(OC(F)(F)F)c3)s2)cc1Cl. The van der Waals surface area contributed by atoms with E-state index in [0.717, 1.165) is 11.3 Å². The van der Waals surface area contributed by atoms with Crippen molar-refractivity contribution in [2.24, 2.45) is 0 Å². The van der Waals surface area contributed by atoms with Gasteiger partial charge in [0, 0.05) is 16.3 Å². The molecule has 3 aromatic rings. The molecule has 1 N–H and O–H groups in total. The number of hydrogen-bond acceptors (Lipinski definition) is 5. The molecule has 4 nitrogen and oxygen atoms in total. The van der Waals surface area contributed by atoms with Crippen molar-refractivity contribution in [1.82, 2.24) is 10.2 Å². The fraction of sp³-hybridized carbons (Fsp3) is 0.125. The number of halogens is 4. The average molecular weight is 386 g/mol. The Hall–Kier alpha value is -2.32. The fourth-order valence-electron chi connectivity index (χ4n) is 2.01. The molecule has 0 aliphatic heterocycles. The van der Waals surface area contributed by atoms with Crippen molar-refractivity contribution in [3.05, 3.63) is 53.1 Å². The number of rotatable bonds is 4. The fourth-order valence-corrected chi connectivity index (χ4v) is 2.95. The van der Waals surface area contributed by atoms with Crippen molar-refractivity contribution < 1.29 is 17.9 Å². The molecule has 130 valence electrons. The van der Waals surface area contributed by atoms with E-state index in [4.69, 9.17) is 11.6 Å². The zero-order valence-corrected chi connectivity index (χ0v) is 14.3. The minimum atomic E-state index is -4.74. The van der Waals surface area contributed by atoms with Crippen molar-refractivity contribution in [3.8, 4) is 16.3 Å². The highest BCUT2D eigenvalue weighted by Gasteiger charge is 2.31. The highest BCUT2D eigenvalue weighted by atomic mass is 35.5. The molecule has 0 unspecified atom stereocenters. The summed E-state index contributed by atoms with van der Waals surface area (Å²) >= 11 is 7.28. The van der Waals surface area contributed by atoms with Gasteiger partial charge in [0.15, 0.2) is 0 Å². The number of aromatic nitrogens is 2. The third kappa shape index (κ3) is 4.61. The third-order valence-electron chi connectivity index (χ3n) is 3.16. The number of hydrogen-bond donors (Lipinski definition) is 1. The van der Waals surface area contributed by atoms with E-state index < -0.39 is 6.36 Å². The molecule has 0 aliphatic rings. The molecule has 0 radical (unpaired) electrons. The molecular weight excluding hydrogens is 375 g/mol. The lowest BCUT2D eigenvalue weighted by Gasteiger charge is -2.08. The van der Waals surface area contributed by atoms with Gasteiger partial charge in [-0.25, -0.2) is 0 Å².